The van der Waals surface area contributed by atoms with Crippen LogP contribution in [0.25, 0.3) is 0 Å². The summed E-state index contributed by atoms with van der Waals surface area (Å²) >= 11 is 5.81. The first-order valence-electron chi connectivity index (χ1n) is 8.90. The lowest BCUT2D eigenvalue weighted by Gasteiger charge is -2.17. The van der Waals surface area contributed by atoms with Crippen LogP contribution in [-0.4, -0.2) is 25.7 Å². The maximum atomic E-state index is 13.0. The Bertz CT molecular complexity index is 1150. The average molecular weight is 438 g/mol. The summed E-state index contributed by atoms with van der Waals surface area (Å²) in [6.45, 7) is 0.454. The highest BCUT2D eigenvalue weighted by Crippen LogP contribution is 2.21. The van der Waals surface area contributed by atoms with Crippen LogP contribution in [0.3, 0.4) is 0 Å². The first-order valence-corrected chi connectivity index (χ1v) is 9.28. The molecule has 0 saturated carbocycles. The molecule has 0 aliphatic carbocycles. The molecule has 0 aliphatic heterocycles. The number of hydrogen-bond donors (Lipinski definition) is 1. The van der Waals surface area contributed by atoms with Crippen LogP contribution in [0.2, 0.25) is 5.15 Å². The molecule has 1 N–H and O–H groups in total. The van der Waals surface area contributed by atoms with Crippen molar-refractivity contribution >= 4 is 23.2 Å². The molecule has 0 saturated heterocycles. The number of aromatic nitrogens is 4. The monoisotopic (exact) mass is 437 g/mol. The van der Waals surface area contributed by atoms with Gasteiger partial charge in [0.2, 0.25) is 5.95 Å². The summed E-state index contributed by atoms with van der Waals surface area (Å²) in [5.41, 5.74) is -0.356. The molecule has 158 valence electrons. The maximum Gasteiger partial charge on any atom is 0.387 e. The summed E-state index contributed by atoms with van der Waals surface area (Å²) in [5, 5.41) is 3.13. The predicted octanol–water partition coefficient (Wildman–Crippen LogP) is 3.43. The number of benzene rings is 1. The number of anilines is 2. The molecular formula is C19H18ClF2N5O3. The number of nitrogens with zero attached hydrogens (tertiary/aromatic N) is 4. The number of hydrogen-bond acceptors (Lipinski definition) is 6. The van der Waals surface area contributed by atoms with E-state index in [9.17, 15) is 18.4 Å². The van der Waals surface area contributed by atoms with E-state index in [1.54, 1.807) is 32.0 Å². The lowest BCUT2D eigenvalue weighted by molar-refractivity contribution is -0.0498. The van der Waals surface area contributed by atoms with Gasteiger partial charge >= 0.3 is 18.0 Å². The Labute approximate surface area is 174 Å². The number of rotatable bonds is 7. The van der Waals surface area contributed by atoms with E-state index < -0.39 is 24.0 Å². The zero-order chi connectivity index (χ0) is 21.8. The van der Waals surface area contributed by atoms with Crippen molar-refractivity contribution in [3.05, 3.63) is 74.3 Å². The van der Waals surface area contributed by atoms with Gasteiger partial charge in [0.05, 0.1) is 6.54 Å². The number of alkyl halides is 2. The molecule has 1 aromatic carbocycles. The summed E-state index contributed by atoms with van der Waals surface area (Å²) in [6.07, 6.45) is 1.50. The molecule has 0 fully saturated rings. The largest absolute Gasteiger partial charge is 0.435 e. The molecule has 3 rings (SSSR count). The van der Waals surface area contributed by atoms with Gasteiger partial charge in [-0.05, 0) is 37.6 Å². The normalized spacial score (nSPS) is 11.2. The van der Waals surface area contributed by atoms with E-state index in [1.807, 2.05) is 0 Å². The molecule has 30 heavy (non-hydrogen) atoms. The van der Waals surface area contributed by atoms with Gasteiger partial charge in [-0.3, -0.25) is 4.57 Å². The fourth-order valence-corrected chi connectivity index (χ4v) is 2.86. The molecule has 3 aromatic rings. The number of ether oxygens (including phenoxy) is 1. The Morgan fingerprint density at radius 1 is 1.20 bits per heavy atom. The van der Waals surface area contributed by atoms with Crippen LogP contribution in [0.5, 0.6) is 5.75 Å². The fourth-order valence-electron chi connectivity index (χ4n) is 2.75. The Kier molecular flexibility index (Phi) is 6.46. The van der Waals surface area contributed by atoms with Crippen LogP contribution < -0.4 is 21.4 Å². The van der Waals surface area contributed by atoms with E-state index >= 15 is 0 Å². The van der Waals surface area contributed by atoms with Gasteiger partial charge in [-0.1, -0.05) is 23.7 Å². The van der Waals surface area contributed by atoms with Crippen LogP contribution in [0.1, 0.15) is 25.5 Å². The maximum absolute atomic E-state index is 13.0. The minimum absolute atomic E-state index is 0.0500. The van der Waals surface area contributed by atoms with E-state index in [0.717, 1.165) is 4.57 Å². The second-order valence-electron chi connectivity index (χ2n) is 6.57. The standard InChI is InChI=1S/C19H18ClF2N5O3/c1-11(2)27-18(28)25-17(24-13-4-3-5-14(8-13)30-16(21)22)26(19(27)29)10-12-6-7-15(20)23-9-12/h3-9,11,16H,10H2,1-2H3,(H,24,25,28). The topological polar surface area (TPSA) is 91.0 Å². The van der Waals surface area contributed by atoms with E-state index in [1.165, 1.54) is 29.0 Å². The summed E-state index contributed by atoms with van der Waals surface area (Å²) in [6, 6.07) is 8.56. The molecule has 0 spiro atoms. The van der Waals surface area contributed by atoms with Crippen molar-refractivity contribution in [2.24, 2.45) is 0 Å². The minimum atomic E-state index is -2.98. The molecular weight excluding hydrogens is 420 g/mol. The Balaban J connectivity index is 2.05. The average Bonchev–Trinajstić information content (AvgIpc) is 2.65. The number of pyridine rings is 1. The predicted molar refractivity (Wildman–Crippen MR) is 108 cm³/mol. The van der Waals surface area contributed by atoms with E-state index in [-0.39, 0.29) is 18.2 Å². The van der Waals surface area contributed by atoms with Crippen molar-refractivity contribution in [2.75, 3.05) is 5.32 Å². The van der Waals surface area contributed by atoms with Crippen LogP contribution in [0, 0.1) is 0 Å². The lowest BCUT2D eigenvalue weighted by Crippen LogP contribution is -2.43. The van der Waals surface area contributed by atoms with Crippen molar-refractivity contribution in [2.45, 2.75) is 33.0 Å². The molecule has 0 radical (unpaired) electrons. The SMILES string of the molecule is CC(C)n1c(=O)nc(Nc2cccc(OC(F)F)c2)n(Cc2ccc(Cl)nc2)c1=O. The van der Waals surface area contributed by atoms with Crippen LogP contribution in [-0.2, 0) is 6.54 Å². The highest BCUT2D eigenvalue weighted by Gasteiger charge is 2.16. The lowest BCUT2D eigenvalue weighted by atomic mass is 10.3. The van der Waals surface area contributed by atoms with E-state index in [0.29, 0.717) is 16.4 Å². The number of nitrogens with one attached hydrogen (secondary N) is 1. The first kappa shape index (κ1) is 21.4. The first-order chi connectivity index (χ1) is 14.2. The van der Waals surface area contributed by atoms with Crippen molar-refractivity contribution in [1.29, 1.82) is 0 Å². The Hall–Kier alpha value is -3.27. The Morgan fingerprint density at radius 2 is 1.97 bits per heavy atom. The second kappa shape index (κ2) is 9.04. The molecule has 2 heterocycles. The summed E-state index contributed by atoms with van der Waals surface area (Å²) in [5.74, 6) is -0.132. The third-order valence-electron chi connectivity index (χ3n) is 4.06. The molecule has 11 heteroatoms. The van der Waals surface area contributed by atoms with Crippen molar-refractivity contribution in [3.8, 4) is 5.75 Å². The third-order valence-corrected chi connectivity index (χ3v) is 4.28. The summed E-state index contributed by atoms with van der Waals surface area (Å²) in [4.78, 5) is 33.4. The van der Waals surface area contributed by atoms with Crippen molar-refractivity contribution in [3.63, 3.8) is 0 Å². The second-order valence-corrected chi connectivity index (χ2v) is 6.96. The molecule has 0 aliphatic rings. The Morgan fingerprint density at radius 3 is 2.60 bits per heavy atom. The van der Waals surface area contributed by atoms with E-state index in [4.69, 9.17) is 11.6 Å². The van der Waals surface area contributed by atoms with Crippen LogP contribution >= 0.6 is 11.6 Å². The van der Waals surface area contributed by atoms with Crippen molar-refractivity contribution in [1.82, 2.24) is 19.1 Å². The van der Waals surface area contributed by atoms with Gasteiger partial charge in [-0.25, -0.2) is 19.1 Å². The highest BCUT2D eigenvalue weighted by molar-refractivity contribution is 6.29. The van der Waals surface area contributed by atoms with Gasteiger partial charge in [0, 0.05) is 24.0 Å². The van der Waals surface area contributed by atoms with Crippen LogP contribution in [0.15, 0.2) is 52.2 Å². The summed E-state index contributed by atoms with van der Waals surface area (Å²) < 4.78 is 31.6. The highest BCUT2D eigenvalue weighted by atomic mass is 35.5. The fraction of sp³-hybridized carbons (Fsp3) is 0.263. The molecule has 0 bridgehead atoms. The zero-order valence-electron chi connectivity index (χ0n) is 16.1. The van der Waals surface area contributed by atoms with Gasteiger partial charge in [-0.2, -0.15) is 13.8 Å². The molecule has 0 unspecified atom stereocenters. The molecule has 2 aromatic heterocycles. The van der Waals surface area contributed by atoms with Crippen molar-refractivity contribution < 1.29 is 13.5 Å². The third kappa shape index (κ3) is 5.01. The van der Waals surface area contributed by atoms with E-state index in [2.05, 4.69) is 20.0 Å². The molecule has 8 nitrogen and oxygen atoms in total. The minimum Gasteiger partial charge on any atom is -0.435 e. The quantitative estimate of drug-likeness (QED) is 0.569. The summed E-state index contributed by atoms with van der Waals surface area (Å²) in [7, 11) is 0. The smallest absolute Gasteiger partial charge is 0.387 e. The van der Waals surface area contributed by atoms with Gasteiger partial charge in [-0.15, -0.1) is 0 Å². The van der Waals surface area contributed by atoms with Gasteiger partial charge in [0.1, 0.15) is 10.9 Å². The molecule has 0 atom stereocenters. The van der Waals surface area contributed by atoms with Gasteiger partial charge in [0.15, 0.2) is 0 Å². The zero-order valence-corrected chi connectivity index (χ0v) is 16.8. The number of halogens is 3. The van der Waals surface area contributed by atoms with Crippen LogP contribution in [0.4, 0.5) is 20.4 Å². The van der Waals surface area contributed by atoms with Gasteiger partial charge in [0.25, 0.3) is 0 Å². The molecule has 0 amide bonds. The van der Waals surface area contributed by atoms with Gasteiger partial charge < -0.3 is 10.1 Å².